The van der Waals surface area contributed by atoms with Gasteiger partial charge in [0.05, 0.1) is 11.1 Å². The van der Waals surface area contributed by atoms with Crippen molar-refractivity contribution in [3.63, 3.8) is 0 Å². The lowest BCUT2D eigenvalue weighted by molar-refractivity contribution is 0.152. The van der Waals surface area contributed by atoms with E-state index in [-0.39, 0.29) is 11.5 Å². The minimum atomic E-state index is -0.270. The molecule has 1 atom stereocenters. The minimum absolute atomic E-state index is 0.00521. The second kappa shape index (κ2) is 2.72. The molecule has 0 saturated heterocycles. The van der Waals surface area contributed by atoms with Crippen LogP contribution in [0, 0.1) is 0 Å². The van der Waals surface area contributed by atoms with Crippen molar-refractivity contribution in [2.75, 3.05) is 0 Å². The molecular weight excluding hydrogens is 192 g/mol. The van der Waals surface area contributed by atoms with Gasteiger partial charge in [0.1, 0.15) is 0 Å². The number of thiophene rings is 1. The fourth-order valence-corrected chi connectivity index (χ4v) is 3.21. The predicted molar refractivity (Wildman–Crippen MR) is 51.9 cm³/mol. The van der Waals surface area contributed by atoms with Crippen LogP contribution in [-0.2, 0) is 5.41 Å². The van der Waals surface area contributed by atoms with Gasteiger partial charge in [-0.2, -0.15) is 0 Å². The van der Waals surface area contributed by atoms with Crippen LogP contribution < -0.4 is 0 Å². The highest BCUT2D eigenvalue weighted by atomic mass is 35.5. The molecule has 0 spiro atoms. The Hall–Kier alpha value is -0.0500. The van der Waals surface area contributed by atoms with Gasteiger partial charge in [0.15, 0.2) is 0 Å². The molecule has 1 heterocycles. The van der Waals surface area contributed by atoms with Gasteiger partial charge < -0.3 is 5.11 Å². The van der Waals surface area contributed by atoms with Gasteiger partial charge in [0.25, 0.3) is 0 Å². The van der Waals surface area contributed by atoms with Crippen molar-refractivity contribution in [3.05, 3.63) is 21.3 Å². The summed E-state index contributed by atoms with van der Waals surface area (Å²) in [5.74, 6) is 0. The number of aliphatic hydroxyl groups is 1. The second-order valence-electron chi connectivity index (χ2n) is 3.43. The average Bonchev–Trinajstić information content (AvgIpc) is 2.71. The highest BCUT2D eigenvalue weighted by Crippen LogP contribution is 2.54. The van der Waals surface area contributed by atoms with Crippen LogP contribution >= 0.6 is 22.9 Å². The van der Waals surface area contributed by atoms with Crippen molar-refractivity contribution in [1.82, 2.24) is 0 Å². The standard InChI is InChI=1S/C9H11ClOS/c1-6(11)9(3-4-9)8-7(10)2-5-12-8/h2,5-6,11H,3-4H2,1H3. The van der Waals surface area contributed by atoms with E-state index >= 15 is 0 Å². The molecule has 1 aromatic rings. The number of halogens is 1. The molecule has 1 aromatic heterocycles. The van der Waals surface area contributed by atoms with Gasteiger partial charge in [-0.1, -0.05) is 11.6 Å². The van der Waals surface area contributed by atoms with Crippen LogP contribution in [-0.4, -0.2) is 11.2 Å². The van der Waals surface area contributed by atoms with Crippen LogP contribution in [0.25, 0.3) is 0 Å². The Morgan fingerprint density at radius 3 is 2.67 bits per heavy atom. The van der Waals surface area contributed by atoms with Gasteiger partial charge in [-0.05, 0) is 31.2 Å². The summed E-state index contributed by atoms with van der Waals surface area (Å²) in [5, 5.41) is 12.4. The zero-order chi connectivity index (χ0) is 8.77. The fourth-order valence-electron chi connectivity index (χ4n) is 1.62. The lowest BCUT2D eigenvalue weighted by Gasteiger charge is -2.17. The van der Waals surface area contributed by atoms with E-state index in [2.05, 4.69) is 0 Å². The lowest BCUT2D eigenvalue weighted by atomic mass is 9.99. The van der Waals surface area contributed by atoms with E-state index in [1.807, 2.05) is 18.4 Å². The van der Waals surface area contributed by atoms with Crippen molar-refractivity contribution < 1.29 is 5.11 Å². The summed E-state index contributed by atoms with van der Waals surface area (Å²) >= 11 is 7.66. The third kappa shape index (κ3) is 1.10. The fraction of sp³-hybridized carbons (Fsp3) is 0.556. The van der Waals surface area contributed by atoms with Crippen LogP contribution in [0.1, 0.15) is 24.6 Å². The van der Waals surface area contributed by atoms with Crippen molar-refractivity contribution in [3.8, 4) is 0 Å². The summed E-state index contributed by atoms with van der Waals surface area (Å²) in [4.78, 5) is 1.17. The molecule has 0 aliphatic heterocycles. The molecule has 0 amide bonds. The maximum absolute atomic E-state index is 9.59. The monoisotopic (exact) mass is 202 g/mol. The van der Waals surface area contributed by atoms with E-state index in [9.17, 15) is 5.11 Å². The van der Waals surface area contributed by atoms with Crippen LogP contribution in [0.5, 0.6) is 0 Å². The Labute approximate surface area is 81.0 Å². The molecule has 0 aromatic carbocycles. The zero-order valence-corrected chi connectivity index (χ0v) is 8.45. The third-order valence-corrected chi connectivity index (χ3v) is 4.22. The van der Waals surface area contributed by atoms with E-state index in [0.717, 1.165) is 17.9 Å². The maximum atomic E-state index is 9.59. The molecule has 0 radical (unpaired) electrons. The van der Waals surface area contributed by atoms with Crippen LogP contribution in [0.2, 0.25) is 5.02 Å². The lowest BCUT2D eigenvalue weighted by Crippen LogP contribution is -2.21. The van der Waals surface area contributed by atoms with Gasteiger partial charge in [-0.15, -0.1) is 11.3 Å². The second-order valence-corrected chi connectivity index (χ2v) is 4.75. The zero-order valence-electron chi connectivity index (χ0n) is 6.88. The third-order valence-electron chi connectivity index (χ3n) is 2.66. The molecule has 3 heteroatoms. The Morgan fingerprint density at radius 2 is 2.33 bits per heavy atom. The molecule has 12 heavy (non-hydrogen) atoms. The van der Waals surface area contributed by atoms with E-state index < -0.39 is 0 Å². The van der Waals surface area contributed by atoms with E-state index in [1.54, 1.807) is 11.3 Å². The van der Waals surface area contributed by atoms with E-state index in [4.69, 9.17) is 11.6 Å². The first-order chi connectivity index (χ1) is 5.67. The highest BCUT2D eigenvalue weighted by Gasteiger charge is 2.50. The topological polar surface area (TPSA) is 20.2 Å². The molecule has 1 saturated carbocycles. The Kier molecular flexibility index (Phi) is 1.94. The molecule has 1 unspecified atom stereocenters. The molecule has 1 nitrogen and oxygen atoms in total. The molecule has 1 fully saturated rings. The summed E-state index contributed by atoms with van der Waals surface area (Å²) in [6, 6.07) is 1.91. The summed E-state index contributed by atoms with van der Waals surface area (Å²) in [7, 11) is 0. The normalized spacial score (nSPS) is 22.2. The van der Waals surface area contributed by atoms with E-state index in [0.29, 0.717) is 0 Å². The number of rotatable bonds is 2. The first-order valence-electron chi connectivity index (χ1n) is 4.08. The van der Waals surface area contributed by atoms with Crippen molar-refractivity contribution in [2.45, 2.75) is 31.3 Å². The molecule has 66 valence electrons. The van der Waals surface area contributed by atoms with Crippen LogP contribution in [0.4, 0.5) is 0 Å². The molecule has 2 rings (SSSR count). The Morgan fingerprint density at radius 1 is 1.67 bits per heavy atom. The molecule has 0 bridgehead atoms. The Bertz CT molecular complexity index is 288. The molecule has 1 aliphatic rings. The van der Waals surface area contributed by atoms with Gasteiger partial charge in [-0.25, -0.2) is 0 Å². The van der Waals surface area contributed by atoms with Gasteiger partial charge in [0, 0.05) is 10.3 Å². The summed E-state index contributed by atoms with van der Waals surface area (Å²) in [6.07, 6.45) is 1.88. The highest BCUT2D eigenvalue weighted by molar-refractivity contribution is 7.10. The van der Waals surface area contributed by atoms with Gasteiger partial charge >= 0.3 is 0 Å². The van der Waals surface area contributed by atoms with E-state index in [1.165, 1.54) is 4.88 Å². The maximum Gasteiger partial charge on any atom is 0.0617 e. The first kappa shape index (κ1) is 8.54. The predicted octanol–water partition coefficient (Wildman–Crippen LogP) is 2.81. The number of aliphatic hydroxyl groups excluding tert-OH is 1. The summed E-state index contributed by atoms with van der Waals surface area (Å²) < 4.78 is 0. The van der Waals surface area contributed by atoms with Crippen molar-refractivity contribution in [1.29, 1.82) is 0 Å². The number of hydrogen-bond donors (Lipinski definition) is 1. The first-order valence-corrected chi connectivity index (χ1v) is 5.34. The largest absolute Gasteiger partial charge is 0.392 e. The molecular formula is C9H11ClOS. The van der Waals surface area contributed by atoms with Gasteiger partial charge in [0.2, 0.25) is 0 Å². The van der Waals surface area contributed by atoms with Crippen LogP contribution in [0.3, 0.4) is 0 Å². The smallest absolute Gasteiger partial charge is 0.0617 e. The van der Waals surface area contributed by atoms with Crippen LogP contribution in [0.15, 0.2) is 11.4 Å². The quantitative estimate of drug-likeness (QED) is 0.782. The molecule has 1 N–H and O–H groups in total. The van der Waals surface area contributed by atoms with Gasteiger partial charge in [-0.3, -0.25) is 0 Å². The summed E-state index contributed by atoms with van der Waals surface area (Å²) in [5.41, 5.74) is 0.00521. The summed E-state index contributed by atoms with van der Waals surface area (Å²) in [6.45, 7) is 1.85. The minimum Gasteiger partial charge on any atom is -0.392 e. The van der Waals surface area contributed by atoms with Crippen molar-refractivity contribution >= 4 is 22.9 Å². The number of hydrogen-bond acceptors (Lipinski definition) is 2. The molecule has 1 aliphatic carbocycles. The Balaban J connectivity index is 2.36. The van der Waals surface area contributed by atoms with Crippen molar-refractivity contribution in [2.24, 2.45) is 0 Å². The average molecular weight is 203 g/mol. The SMILES string of the molecule is CC(O)C1(c2sccc2Cl)CC1.